The molecule has 0 saturated heterocycles. The molecule has 0 aliphatic carbocycles. The molecule has 1 aromatic heterocycles. The first kappa shape index (κ1) is 14.6. The Morgan fingerprint density at radius 1 is 1.11 bits per heavy atom. The van der Waals surface area contributed by atoms with Crippen molar-refractivity contribution >= 4 is 49.0 Å². The van der Waals surface area contributed by atoms with Gasteiger partial charge in [0.05, 0.1) is 29.1 Å². The van der Waals surface area contributed by atoms with Crippen LogP contribution in [0.25, 0.3) is 0 Å². The summed E-state index contributed by atoms with van der Waals surface area (Å²) in [6, 6.07) is 5.26. The second-order valence-electron chi connectivity index (χ2n) is 3.61. The molecular formula is C13H10Br2O3S. The molecule has 19 heavy (non-hydrogen) atoms. The summed E-state index contributed by atoms with van der Waals surface area (Å²) in [4.78, 5) is 13.2. The maximum absolute atomic E-state index is 12.5. The van der Waals surface area contributed by atoms with Gasteiger partial charge in [-0.15, -0.1) is 11.3 Å². The lowest BCUT2D eigenvalue weighted by Crippen LogP contribution is -2.03. The lowest BCUT2D eigenvalue weighted by atomic mass is 10.1. The van der Waals surface area contributed by atoms with Crippen LogP contribution in [0.3, 0.4) is 0 Å². The van der Waals surface area contributed by atoms with Crippen LogP contribution in [0.1, 0.15) is 15.2 Å². The monoisotopic (exact) mass is 404 g/mol. The van der Waals surface area contributed by atoms with Gasteiger partial charge in [-0.1, -0.05) is 0 Å². The highest BCUT2D eigenvalue weighted by atomic mass is 79.9. The maximum Gasteiger partial charge on any atom is 0.207 e. The fourth-order valence-corrected chi connectivity index (χ4v) is 3.61. The smallest absolute Gasteiger partial charge is 0.207 e. The molecule has 0 spiro atoms. The van der Waals surface area contributed by atoms with Crippen LogP contribution in [0.5, 0.6) is 11.5 Å². The Morgan fingerprint density at radius 3 is 2.32 bits per heavy atom. The van der Waals surface area contributed by atoms with Crippen molar-refractivity contribution in [2.24, 2.45) is 0 Å². The predicted octanol–water partition coefficient (Wildman–Crippen LogP) is 4.52. The number of thiophene rings is 1. The number of ketones is 1. The van der Waals surface area contributed by atoms with Gasteiger partial charge in [-0.2, -0.15) is 0 Å². The van der Waals surface area contributed by atoms with E-state index in [2.05, 4.69) is 31.9 Å². The summed E-state index contributed by atoms with van der Waals surface area (Å²) in [5, 5.41) is 1.86. The Balaban J connectivity index is 2.55. The van der Waals surface area contributed by atoms with E-state index in [0.29, 0.717) is 21.9 Å². The van der Waals surface area contributed by atoms with Crippen LogP contribution in [0, 0.1) is 0 Å². The number of ether oxygens (including phenoxy) is 2. The highest BCUT2D eigenvalue weighted by molar-refractivity contribution is 9.11. The van der Waals surface area contributed by atoms with Crippen LogP contribution < -0.4 is 9.47 Å². The Labute approximate surface area is 131 Å². The van der Waals surface area contributed by atoms with Gasteiger partial charge in [-0.05, 0) is 55.4 Å². The first-order chi connectivity index (χ1) is 9.08. The number of methoxy groups -OCH3 is 2. The summed E-state index contributed by atoms with van der Waals surface area (Å²) in [6.07, 6.45) is 0. The zero-order valence-corrected chi connectivity index (χ0v) is 14.2. The average Bonchev–Trinajstić information content (AvgIpc) is 2.83. The van der Waals surface area contributed by atoms with Crippen molar-refractivity contribution in [3.8, 4) is 11.5 Å². The van der Waals surface area contributed by atoms with Crippen molar-refractivity contribution in [1.82, 2.24) is 0 Å². The van der Waals surface area contributed by atoms with Gasteiger partial charge in [0.25, 0.3) is 0 Å². The van der Waals surface area contributed by atoms with Crippen LogP contribution >= 0.6 is 43.2 Å². The van der Waals surface area contributed by atoms with Gasteiger partial charge in [0.1, 0.15) is 11.5 Å². The van der Waals surface area contributed by atoms with Crippen molar-refractivity contribution in [1.29, 1.82) is 0 Å². The van der Waals surface area contributed by atoms with Crippen LogP contribution in [0.15, 0.2) is 32.5 Å². The highest BCUT2D eigenvalue weighted by Crippen LogP contribution is 2.35. The molecule has 0 N–H and O–H groups in total. The van der Waals surface area contributed by atoms with E-state index in [4.69, 9.17) is 9.47 Å². The summed E-state index contributed by atoms with van der Waals surface area (Å²) < 4.78 is 12.0. The summed E-state index contributed by atoms with van der Waals surface area (Å²) in [5.41, 5.74) is 0.478. The number of hydrogen-bond acceptors (Lipinski definition) is 4. The minimum absolute atomic E-state index is 0.0930. The van der Waals surface area contributed by atoms with Crippen LogP contribution in [-0.2, 0) is 0 Å². The van der Waals surface area contributed by atoms with E-state index in [1.165, 1.54) is 18.4 Å². The first-order valence-electron chi connectivity index (χ1n) is 5.27. The molecule has 2 rings (SSSR count). The highest BCUT2D eigenvalue weighted by Gasteiger charge is 2.20. The average molecular weight is 406 g/mol. The van der Waals surface area contributed by atoms with Crippen LogP contribution in [-0.4, -0.2) is 20.0 Å². The molecule has 0 amide bonds. The molecule has 6 heteroatoms. The SMILES string of the molecule is COc1cc(C(=O)c2sccc2Br)c(OC)cc1Br. The zero-order valence-electron chi connectivity index (χ0n) is 10.2. The van der Waals surface area contributed by atoms with E-state index < -0.39 is 0 Å². The fourth-order valence-electron chi connectivity index (χ4n) is 1.62. The Kier molecular flexibility index (Phi) is 4.65. The minimum atomic E-state index is -0.0930. The van der Waals surface area contributed by atoms with Gasteiger partial charge in [0.2, 0.25) is 5.78 Å². The molecule has 3 nitrogen and oxygen atoms in total. The van der Waals surface area contributed by atoms with Crippen molar-refractivity contribution < 1.29 is 14.3 Å². The number of halogens is 2. The third kappa shape index (κ3) is 2.85. The second kappa shape index (κ2) is 6.07. The van der Waals surface area contributed by atoms with Gasteiger partial charge in [0, 0.05) is 4.47 Å². The van der Waals surface area contributed by atoms with Gasteiger partial charge in [-0.25, -0.2) is 0 Å². The largest absolute Gasteiger partial charge is 0.496 e. The van der Waals surface area contributed by atoms with E-state index in [-0.39, 0.29) is 5.78 Å². The second-order valence-corrected chi connectivity index (χ2v) is 6.24. The van der Waals surface area contributed by atoms with Gasteiger partial charge in [0.15, 0.2) is 0 Å². The Hall–Kier alpha value is -0.850. The van der Waals surface area contributed by atoms with E-state index in [9.17, 15) is 4.79 Å². The third-order valence-electron chi connectivity index (χ3n) is 2.54. The van der Waals surface area contributed by atoms with Crippen LogP contribution in [0.4, 0.5) is 0 Å². The molecule has 0 atom stereocenters. The van der Waals surface area contributed by atoms with Crippen molar-refractivity contribution in [2.45, 2.75) is 0 Å². The molecule has 0 aliphatic heterocycles. The molecule has 100 valence electrons. The van der Waals surface area contributed by atoms with Crippen molar-refractivity contribution in [2.75, 3.05) is 14.2 Å². The fraction of sp³-hybridized carbons (Fsp3) is 0.154. The Bertz CT molecular complexity index is 622. The van der Waals surface area contributed by atoms with Crippen LogP contribution in [0.2, 0.25) is 0 Å². The molecular weight excluding hydrogens is 396 g/mol. The first-order valence-corrected chi connectivity index (χ1v) is 7.74. The summed E-state index contributed by atoms with van der Waals surface area (Å²) in [6.45, 7) is 0. The van der Waals surface area contributed by atoms with Gasteiger partial charge < -0.3 is 9.47 Å². The van der Waals surface area contributed by atoms with Gasteiger partial charge in [-0.3, -0.25) is 4.79 Å². The lowest BCUT2D eigenvalue weighted by molar-refractivity contribution is 0.103. The molecule has 1 aromatic carbocycles. The van der Waals surface area contributed by atoms with E-state index in [1.807, 2.05) is 11.4 Å². The summed E-state index contributed by atoms with van der Waals surface area (Å²) >= 11 is 8.13. The van der Waals surface area contributed by atoms with E-state index in [1.54, 1.807) is 19.2 Å². The normalized spacial score (nSPS) is 10.3. The zero-order chi connectivity index (χ0) is 14.0. The standard InChI is InChI=1S/C13H10Br2O3S/c1-17-10-6-9(15)11(18-2)5-7(10)12(16)13-8(14)3-4-19-13/h3-6H,1-2H3. The minimum Gasteiger partial charge on any atom is -0.496 e. The number of hydrogen-bond donors (Lipinski definition) is 0. The summed E-state index contributed by atoms with van der Waals surface area (Å²) in [5.74, 6) is 1.01. The molecule has 0 aliphatic rings. The quantitative estimate of drug-likeness (QED) is 0.701. The number of carbonyl (C=O) groups is 1. The van der Waals surface area contributed by atoms with Crippen molar-refractivity contribution in [3.05, 3.63) is 43.0 Å². The molecule has 0 unspecified atom stereocenters. The predicted molar refractivity (Wildman–Crippen MR) is 82.7 cm³/mol. The molecule has 0 radical (unpaired) electrons. The topological polar surface area (TPSA) is 35.5 Å². The lowest BCUT2D eigenvalue weighted by Gasteiger charge is -2.11. The summed E-state index contributed by atoms with van der Waals surface area (Å²) in [7, 11) is 3.09. The number of benzene rings is 1. The number of carbonyl (C=O) groups excluding carboxylic acids is 1. The molecule has 1 heterocycles. The van der Waals surface area contributed by atoms with Crippen molar-refractivity contribution in [3.63, 3.8) is 0 Å². The number of rotatable bonds is 4. The molecule has 0 fully saturated rings. The van der Waals surface area contributed by atoms with Gasteiger partial charge >= 0.3 is 0 Å². The Morgan fingerprint density at radius 2 is 1.79 bits per heavy atom. The maximum atomic E-state index is 12.5. The molecule has 0 saturated carbocycles. The molecule has 2 aromatic rings. The van der Waals surface area contributed by atoms with E-state index in [0.717, 1.165) is 8.95 Å². The third-order valence-corrected chi connectivity index (χ3v) is 5.00. The van der Waals surface area contributed by atoms with E-state index >= 15 is 0 Å². The molecule has 0 bridgehead atoms.